The highest BCUT2D eigenvalue weighted by atomic mass is 16.3. The van der Waals surface area contributed by atoms with Crippen LogP contribution in [-0.4, -0.2) is 18.7 Å². The third-order valence-corrected chi connectivity index (χ3v) is 2.38. The largest absolute Gasteiger partial charge is 0.389 e. The summed E-state index contributed by atoms with van der Waals surface area (Å²) in [7, 11) is 2.08. The molecule has 0 aliphatic heterocycles. The van der Waals surface area contributed by atoms with Crippen molar-refractivity contribution in [3.05, 3.63) is 29.8 Å². The minimum atomic E-state index is -0.375. The van der Waals surface area contributed by atoms with Crippen LogP contribution in [0.4, 0.5) is 5.69 Å². The van der Waals surface area contributed by atoms with Gasteiger partial charge in [0.05, 0.1) is 6.10 Å². The second-order valence-corrected chi connectivity index (χ2v) is 3.69. The van der Waals surface area contributed by atoms with Gasteiger partial charge in [-0.15, -0.1) is 0 Å². The quantitative estimate of drug-likeness (QED) is 0.794. The van der Waals surface area contributed by atoms with Gasteiger partial charge in [-0.2, -0.15) is 0 Å². The summed E-state index contributed by atoms with van der Waals surface area (Å²) in [6.07, 6.45) is 0.773. The normalized spacial score (nSPS) is 12.6. The average Bonchev–Trinajstić information content (AvgIpc) is 2.18. The number of anilines is 1. The van der Waals surface area contributed by atoms with E-state index in [0.717, 1.165) is 18.5 Å². The van der Waals surface area contributed by atoms with Gasteiger partial charge < -0.3 is 10.0 Å². The first-order valence-corrected chi connectivity index (χ1v) is 5.14. The second-order valence-electron chi connectivity index (χ2n) is 3.69. The van der Waals surface area contributed by atoms with Gasteiger partial charge in [0.1, 0.15) is 0 Å². The fraction of sp³-hybridized carbons (Fsp3) is 0.500. The molecular formula is C12H19NO. The molecule has 2 nitrogen and oxygen atoms in total. The first-order chi connectivity index (χ1) is 6.65. The molecule has 2 heteroatoms. The molecule has 1 aromatic carbocycles. The fourth-order valence-electron chi connectivity index (χ4n) is 1.47. The Morgan fingerprint density at radius 2 is 1.86 bits per heavy atom. The zero-order chi connectivity index (χ0) is 10.6. The van der Waals surface area contributed by atoms with E-state index in [4.69, 9.17) is 0 Å². The molecule has 0 aliphatic rings. The number of aliphatic hydroxyl groups excluding tert-OH is 1. The molecule has 0 amide bonds. The fourth-order valence-corrected chi connectivity index (χ4v) is 1.47. The van der Waals surface area contributed by atoms with Gasteiger partial charge in [-0.1, -0.05) is 19.1 Å². The maximum atomic E-state index is 9.34. The van der Waals surface area contributed by atoms with E-state index in [1.165, 1.54) is 5.69 Å². The predicted molar refractivity (Wildman–Crippen MR) is 60.6 cm³/mol. The highest BCUT2D eigenvalue weighted by Gasteiger charge is 2.02. The van der Waals surface area contributed by atoms with Crippen molar-refractivity contribution in [1.29, 1.82) is 0 Å². The molecule has 0 saturated heterocycles. The Morgan fingerprint density at radius 3 is 2.29 bits per heavy atom. The lowest BCUT2D eigenvalue weighted by atomic mass is 10.1. The van der Waals surface area contributed by atoms with Gasteiger partial charge in [-0.05, 0) is 31.0 Å². The van der Waals surface area contributed by atoms with Crippen LogP contribution in [0.15, 0.2) is 24.3 Å². The monoisotopic (exact) mass is 193 g/mol. The molecular weight excluding hydrogens is 174 g/mol. The summed E-state index contributed by atoms with van der Waals surface area (Å²) in [4.78, 5) is 2.21. The Labute approximate surface area is 86.2 Å². The van der Waals surface area contributed by atoms with Crippen molar-refractivity contribution in [2.45, 2.75) is 26.4 Å². The standard InChI is InChI=1S/C12H19NO/c1-4-9-13(3)12-7-5-11(6-8-12)10(2)14/h5-8,10,14H,4,9H2,1-3H3/t10-/m1/s1. The first kappa shape index (κ1) is 11.1. The molecule has 1 aromatic rings. The number of rotatable bonds is 4. The molecule has 0 bridgehead atoms. The Kier molecular flexibility index (Phi) is 3.96. The van der Waals surface area contributed by atoms with Crippen molar-refractivity contribution in [3.8, 4) is 0 Å². The molecule has 1 N–H and O–H groups in total. The van der Waals surface area contributed by atoms with Crippen molar-refractivity contribution in [3.63, 3.8) is 0 Å². The van der Waals surface area contributed by atoms with Crippen LogP contribution < -0.4 is 4.90 Å². The van der Waals surface area contributed by atoms with Crippen LogP contribution in [0.3, 0.4) is 0 Å². The lowest BCUT2D eigenvalue weighted by Gasteiger charge is -2.18. The highest BCUT2D eigenvalue weighted by Crippen LogP contribution is 2.18. The lowest BCUT2D eigenvalue weighted by molar-refractivity contribution is 0.199. The molecule has 0 spiro atoms. The maximum absolute atomic E-state index is 9.34. The summed E-state index contributed by atoms with van der Waals surface area (Å²) >= 11 is 0. The predicted octanol–water partition coefficient (Wildman–Crippen LogP) is 2.59. The van der Waals surface area contributed by atoms with E-state index in [9.17, 15) is 5.11 Å². The minimum absolute atomic E-state index is 0.375. The molecule has 1 atom stereocenters. The van der Waals surface area contributed by atoms with Crippen molar-refractivity contribution in [2.75, 3.05) is 18.5 Å². The smallest absolute Gasteiger partial charge is 0.0761 e. The molecule has 0 fully saturated rings. The summed E-state index contributed by atoms with van der Waals surface area (Å²) in [5.74, 6) is 0. The van der Waals surface area contributed by atoms with Gasteiger partial charge in [0.15, 0.2) is 0 Å². The topological polar surface area (TPSA) is 23.5 Å². The van der Waals surface area contributed by atoms with E-state index in [1.807, 2.05) is 12.1 Å². The van der Waals surface area contributed by atoms with Crippen molar-refractivity contribution in [1.82, 2.24) is 0 Å². The second kappa shape index (κ2) is 5.01. The van der Waals surface area contributed by atoms with Crippen LogP contribution in [-0.2, 0) is 0 Å². The van der Waals surface area contributed by atoms with E-state index in [0.29, 0.717) is 0 Å². The Morgan fingerprint density at radius 1 is 1.29 bits per heavy atom. The van der Waals surface area contributed by atoms with Crippen LogP contribution in [0.5, 0.6) is 0 Å². The van der Waals surface area contributed by atoms with Gasteiger partial charge >= 0.3 is 0 Å². The number of hydrogen-bond donors (Lipinski definition) is 1. The summed E-state index contributed by atoms with van der Waals surface area (Å²) in [6, 6.07) is 8.06. The Hall–Kier alpha value is -1.02. The third-order valence-electron chi connectivity index (χ3n) is 2.38. The van der Waals surface area contributed by atoms with Gasteiger partial charge in [0, 0.05) is 19.3 Å². The Balaban J connectivity index is 2.72. The van der Waals surface area contributed by atoms with Crippen molar-refractivity contribution < 1.29 is 5.11 Å². The van der Waals surface area contributed by atoms with Gasteiger partial charge in [-0.25, -0.2) is 0 Å². The van der Waals surface area contributed by atoms with Crippen LogP contribution in [0.25, 0.3) is 0 Å². The van der Waals surface area contributed by atoms with Crippen LogP contribution in [0.1, 0.15) is 31.9 Å². The summed E-state index contributed by atoms with van der Waals surface area (Å²) in [5.41, 5.74) is 2.18. The highest BCUT2D eigenvalue weighted by molar-refractivity contribution is 5.47. The number of hydrogen-bond acceptors (Lipinski definition) is 2. The third kappa shape index (κ3) is 2.74. The SMILES string of the molecule is CCCN(C)c1ccc([C@@H](C)O)cc1. The maximum Gasteiger partial charge on any atom is 0.0761 e. The van der Waals surface area contributed by atoms with E-state index < -0.39 is 0 Å². The van der Waals surface area contributed by atoms with Crippen LogP contribution in [0.2, 0.25) is 0 Å². The first-order valence-electron chi connectivity index (χ1n) is 5.14. The summed E-state index contributed by atoms with van der Waals surface area (Å²) in [6.45, 7) is 5.01. The lowest BCUT2D eigenvalue weighted by Crippen LogP contribution is -2.17. The molecule has 0 aromatic heterocycles. The van der Waals surface area contributed by atoms with Gasteiger partial charge in [0.2, 0.25) is 0 Å². The molecule has 0 radical (unpaired) electrons. The van der Waals surface area contributed by atoms with Crippen molar-refractivity contribution in [2.24, 2.45) is 0 Å². The number of aliphatic hydroxyl groups is 1. The molecule has 0 unspecified atom stereocenters. The van der Waals surface area contributed by atoms with E-state index >= 15 is 0 Å². The summed E-state index contributed by atoms with van der Waals surface area (Å²) < 4.78 is 0. The average molecular weight is 193 g/mol. The number of benzene rings is 1. The van der Waals surface area contributed by atoms with Crippen LogP contribution >= 0.6 is 0 Å². The number of nitrogens with zero attached hydrogens (tertiary/aromatic N) is 1. The summed E-state index contributed by atoms with van der Waals surface area (Å²) in [5, 5.41) is 9.34. The zero-order valence-corrected chi connectivity index (χ0v) is 9.20. The minimum Gasteiger partial charge on any atom is -0.389 e. The van der Waals surface area contributed by atoms with Crippen LogP contribution in [0, 0.1) is 0 Å². The molecule has 14 heavy (non-hydrogen) atoms. The molecule has 1 rings (SSSR count). The molecule has 0 aliphatic carbocycles. The Bertz CT molecular complexity index is 266. The van der Waals surface area contributed by atoms with Gasteiger partial charge in [-0.3, -0.25) is 0 Å². The van der Waals surface area contributed by atoms with E-state index in [1.54, 1.807) is 6.92 Å². The van der Waals surface area contributed by atoms with E-state index in [2.05, 4.69) is 31.0 Å². The van der Waals surface area contributed by atoms with Gasteiger partial charge in [0.25, 0.3) is 0 Å². The molecule has 0 saturated carbocycles. The molecule has 0 heterocycles. The van der Waals surface area contributed by atoms with E-state index in [-0.39, 0.29) is 6.10 Å². The zero-order valence-electron chi connectivity index (χ0n) is 9.20. The molecule has 78 valence electrons. The van der Waals surface area contributed by atoms with Crippen molar-refractivity contribution >= 4 is 5.69 Å².